The minimum Gasteiger partial charge on any atom is -0.507 e. The Morgan fingerprint density at radius 2 is 1.52 bits per heavy atom. The first-order valence-electron chi connectivity index (χ1n) is 9.32. The van der Waals surface area contributed by atoms with Gasteiger partial charge in [0.2, 0.25) is 0 Å². The number of ketones is 1. The molecular formula is C19H28O4. The lowest BCUT2D eigenvalue weighted by atomic mass is 9.83. The second-order valence-electron chi connectivity index (χ2n) is 7.53. The average Bonchev–Trinajstić information content (AvgIpc) is 2.83. The number of hydrogen-bond acceptors (Lipinski definition) is 4. The van der Waals surface area contributed by atoms with Crippen molar-refractivity contribution < 1.29 is 19.4 Å². The maximum absolute atomic E-state index is 12.5. The molecule has 0 aromatic rings. The second kappa shape index (κ2) is 7.50. The Hall–Kier alpha value is -1.32. The molecule has 0 spiro atoms. The molecule has 3 rings (SSSR count). The van der Waals surface area contributed by atoms with Crippen molar-refractivity contribution in [1.82, 2.24) is 0 Å². The Morgan fingerprint density at radius 1 is 0.957 bits per heavy atom. The monoisotopic (exact) mass is 320 g/mol. The summed E-state index contributed by atoms with van der Waals surface area (Å²) in [5.74, 6) is -0.0608. The van der Waals surface area contributed by atoms with Gasteiger partial charge in [0.15, 0.2) is 17.6 Å². The predicted octanol–water partition coefficient (Wildman–Crippen LogP) is 4.23. The van der Waals surface area contributed by atoms with Gasteiger partial charge in [-0.2, -0.15) is 0 Å². The SMILES string of the molecule is O=C(CC1CCCCC1)C1=C(O)C(CC2CCCCC2)OC1=O. The number of carbonyl (C=O) groups is 2. The van der Waals surface area contributed by atoms with Crippen molar-refractivity contribution >= 4 is 11.8 Å². The van der Waals surface area contributed by atoms with Crippen molar-refractivity contribution in [3.8, 4) is 0 Å². The molecule has 0 saturated heterocycles. The third-order valence-electron chi connectivity index (χ3n) is 5.76. The first-order valence-corrected chi connectivity index (χ1v) is 9.32. The van der Waals surface area contributed by atoms with Crippen LogP contribution < -0.4 is 0 Å². The average molecular weight is 320 g/mol. The van der Waals surface area contributed by atoms with Crippen LogP contribution in [0.1, 0.15) is 77.0 Å². The van der Waals surface area contributed by atoms with Crippen LogP contribution in [-0.2, 0) is 14.3 Å². The summed E-state index contributed by atoms with van der Waals surface area (Å²) in [4.78, 5) is 24.5. The second-order valence-corrected chi connectivity index (χ2v) is 7.53. The lowest BCUT2D eigenvalue weighted by Gasteiger charge is -2.23. The van der Waals surface area contributed by atoms with Crippen LogP contribution in [0.2, 0.25) is 0 Å². The van der Waals surface area contributed by atoms with Gasteiger partial charge in [-0.15, -0.1) is 0 Å². The summed E-state index contributed by atoms with van der Waals surface area (Å²) in [6.07, 6.45) is 12.1. The molecule has 1 atom stereocenters. The molecule has 4 heteroatoms. The summed E-state index contributed by atoms with van der Waals surface area (Å²) in [6.45, 7) is 0. The molecule has 0 radical (unpaired) electrons. The zero-order valence-electron chi connectivity index (χ0n) is 13.9. The van der Waals surface area contributed by atoms with Crippen LogP contribution in [0, 0.1) is 11.8 Å². The summed E-state index contributed by atoms with van der Waals surface area (Å²) >= 11 is 0. The van der Waals surface area contributed by atoms with E-state index in [1.807, 2.05) is 0 Å². The summed E-state index contributed by atoms with van der Waals surface area (Å²) in [5, 5.41) is 10.4. The van der Waals surface area contributed by atoms with E-state index in [0.717, 1.165) is 38.5 Å². The molecule has 0 aromatic heterocycles. The molecule has 2 saturated carbocycles. The van der Waals surface area contributed by atoms with Crippen LogP contribution in [0.25, 0.3) is 0 Å². The number of ether oxygens (including phenoxy) is 1. The highest BCUT2D eigenvalue weighted by atomic mass is 16.6. The lowest BCUT2D eigenvalue weighted by Crippen LogP contribution is -2.18. The molecule has 3 aliphatic rings. The number of Topliss-reactive ketones (excluding diaryl/α,β-unsaturated/α-hetero) is 1. The maximum atomic E-state index is 12.5. The Balaban J connectivity index is 1.61. The minimum absolute atomic E-state index is 0.0589. The summed E-state index contributed by atoms with van der Waals surface area (Å²) < 4.78 is 5.32. The number of aliphatic hydroxyl groups excluding tert-OH is 1. The van der Waals surface area contributed by atoms with Crippen molar-refractivity contribution in [3.05, 3.63) is 11.3 Å². The molecule has 0 bridgehead atoms. The Bertz CT molecular complexity index is 482. The minimum atomic E-state index is -0.607. The topological polar surface area (TPSA) is 63.6 Å². The number of hydrogen-bond donors (Lipinski definition) is 1. The van der Waals surface area contributed by atoms with E-state index in [1.54, 1.807) is 0 Å². The van der Waals surface area contributed by atoms with E-state index in [0.29, 0.717) is 24.7 Å². The highest BCUT2D eigenvalue weighted by Crippen LogP contribution is 2.34. The van der Waals surface area contributed by atoms with Gasteiger partial charge >= 0.3 is 5.97 Å². The van der Waals surface area contributed by atoms with Gasteiger partial charge in [-0.05, 0) is 18.3 Å². The number of esters is 1. The van der Waals surface area contributed by atoms with E-state index < -0.39 is 12.1 Å². The molecular weight excluding hydrogens is 292 g/mol. The van der Waals surface area contributed by atoms with E-state index in [9.17, 15) is 14.7 Å². The zero-order valence-corrected chi connectivity index (χ0v) is 13.9. The van der Waals surface area contributed by atoms with Gasteiger partial charge in [0.25, 0.3) is 0 Å². The molecule has 23 heavy (non-hydrogen) atoms. The van der Waals surface area contributed by atoms with Gasteiger partial charge in [0, 0.05) is 6.42 Å². The van der Waals surface area contributed by atoms with Gasteiger partial charge in [-0.1, -0.05) is 64.2 Å². The van der Waals surface area contributed by atoms with E-state index in [2.05, 4.69) is 0 Å². The molecule has 1 N–H and O–H groups in total. The molecule has 2 fully saturated rings. The quantitative estimate of drug-likeness (QED) is 0.608. The Morgan fingerprint density at radius 3 is 2.13 bits per heavy atom. The van der Waals surface area contributed by atoms with Crippen molar-refractivity contribution in [1.29, 1.82) is 0 Å². The third-order valence-corrected chi connectivity index (χ3v) is 5.76. The molecule has 2 aliphatic carbocycles. The Kier molecular flexibility index (Phi) is 5.39. The fourth-order valence-electron chi connectivity index (χ4n) is 4.41. The largest absolute Gasteiger partial charge is 0.507 e. The normalized spacial score (nSPS) is 27.3. The standard InChI is InChI=1S/C19H28O4/c20-15(11-13-7-3-1-4-8-13)17-18(21)16(23-19(17)22)12-14-9-5-2-6-10-14/h13-14,16,21H,1-12H2. The highest BCUT2D eigenvalue weighted by molar-refractivity contribution is 6.19. The fourth-order valence-corrected chi connectivity index (χ4v) is 4.41. The number of aliphatic hydroxyl groups is 1. The van der Waals surface area contributed by atoms with Gasteiger partial charge in [0.05, 0.1) is 0 Å². The zero-order chi connectivity index (χ0) is 16.2. The summed E-state index contributed by atoms with van der Waals surface area (Å²) in [5.41, 5.74) is -0.0589. The molecule has 4 nitrogen and oxygen atoms in total. The Labute approximate surface area is 138 Å². The first kappa shape index (κ1) is 16.5. The molecule has 0 aromatic carbocycles. The van der Waals surface area contributed by atoms with Crippen molar-refractivity contribution in [2.75, 3.05) is 0 Å². The predicted molar refractivity (Wildman–Crippen MR) is 86.9 cm³/mol. The molecule has 0 amide bonds. The van der Waals surface area contributed by atoms with E-state index in [4.69, 9.17) is 4.74 Å². The molecule has 1 aliphatic heterocycles. The van der Waals surface area contributed by atoms with Crippen LogP contribution in [-0.4, -0.2) is 23.0 Å². The number of carbonyl (C=O) groups excluding carboxylic acids is 2. The van der Waals surface area contributed by atoms with Crippen LogP contribution in [0.5, 0.6) is 0 Å². The highest BCUT2D eigenvalue weighted by Gasteiger charge is 2.39. The number of rotatable bonds is 5. The van der Waals surface area contributed by atoms with Crippen molar-refractivity contribution in [3.63, 3.8) is 0 Å². The first-order chi connectivity index (χ1) is 11.1. The van der Waals surface area contributed by atoms with Gasteiger partial charge in [-0.25, -0.2) is 4.79 Å². The van der Waals surface area contributed by atoms with Crippen LogP contribution in [0.4, 0.5) is 0 Å². The van der Waals surface area contributed by atoms with Gasteiger partial charge in [-0.3, -0.25) is 4.79 Å². The van der Waals surface area contributed by atoms with Crippen LogP contribution in [0.15, 0.2) is 11.3 Å². The van der Waals surface area contributed by atoms with Crippen LogP contribution in [0.3, 0.4) is 0 Å². The smallest absolute Gasteiger partial charge is 0.346 e. The van der Waals surface area contributed by atoms with Crippen molar-refractivity contribution in [2.24, 2.45) is 11.8 Å². The maximum Gasteiger partial charge on any atom is 0.346 e. The van der Waals surface area contributed by atoms with Gasteiger partial charge in [0.1, 0.15) is 5.57 Å². The summed E-state index contributed by atoms with van der Waals surface area (Å²) in [7, 11) is 0. The molecule has 128 valence electrons. The van der Waals surface area contributed by atoms with E-state index >= 15 is 0 Å². The third kappa shape index (κ3) is 3.96. The number of cyclic esters (lactones) is 1. The fraction of sp³-hybridized carbons (Fsp3) is 0.789. The van der Waals surface area contributed by atoms with Crippen LogP contribution >= 0.6 is 0 Å². The van der Waals surface area contributed by atoms with E-state index in [-0.39, 0.29) is 17.1 Å². The van der Waals surface area contributed by atoms with E-state index in [1.165, 1.54) is 25.7 Å². The molecule has 1 heterocycles. The van der Waals surface area contributed by atoms with Gasteiger partial charge < -0.3 is 9.84 Å². The summed E-state index contributed by atoms with van der Waals surface area (Å²) in [6, 6.07) is 0. The lowest BCUT2D eigenvalue weighted by molar-refractivity contribution is -0.141. The van der Waals surface area contributed by atoms with Crippen molar-refractivity contribution in [2.45, 2.75) is 83.2 Å². The molecule has 1 unspecified atom stereocenters.